The molecule has 0 spiro atoms. The van der Waals surface area contributed by atoms with E-state index in [1.54, 1.807) is 0 Å². The molecule has 0 amide bonds. The van der Waals surface area contributed by atoms with Crippen molar-refractivity contribution in [2.24, 2.45) is 0 Å². The Kier molecular flexibility index (Phi) is 5.67. The summed E-state index contributed by atoms with van der Waals surface area (Å²) >= 11 is 0. The molecule has 3 rings (SSSR count). The Labute approximate surface area is 166 Å². The van der Waals surface area contributed by atoms with Gasteiger partial charge in [-0.25, -0.2) is 4.98 Å². The van der Waals surface area contributed by atoms with Gasteiger partial charge in [0.25, 0.3) is 0 Å². The maximum Gasteiger partial charge on any atom is 0.573 e. The van der Waals surface area contributed by atoms with E-state index in [0.29, 0.717) is 5.56 Å². The monoisotopic (exact) mass is 423 g/mol. The number of nitrogens with zero attached hydrogens (tertiary/aromatic N) is 3. The van der Waals surface area contributed by atoms with Crippen molar-refractivity contribution in [1.82, 2.24) is 9.97 Å². The lowest BCUT2D eigenvalue weighted by molar-refractivity contribution is -0.387. The minimum Gasteiger partial charge on any atom is -0.406 e. The molecule has 0 saturated heterocycles. The van der Waals surface area contributed by atoms with Gasteiger partial charge < -0.3 is 15.4 Å². The van der Waals surface area contributed by atoms with Crippen LogP contribution < -0.4 is 15.4 Å². The fourth-order valence-electron chi connectivity index (χ4n) is 2.50. The molecular formula is C18H13F4N5O3. The lowest BCUT2D eigenvalue weighted by Crippen LogP contribution is -2.17. The first-order chi connectivity index (χ1) is 14.1. The Balaban J connectivity index is 1.96. The maximum absolute atomic E-state index is 13.5. The first-order valence-electron chi connectivity index (χ1n) is 8.28. The van der Waals surface area contributed by atoms with Gasteiger partial charge in [-0.05, 0) is 24.3 Å². The highest BCUT2D eigenvalue weighted by Gasteiger charge is 2.31. The molecule has 2 aromatic carbocycles. The molecule has 30 heavy (non-hydrogen) atoms. The van der Waals surface area contributed by atoms with Crippen LogP contribution in [-0.4, -0.2) is 28.3 Å². The standard InChI is InChI=1S/C18H13F4N5O3/c1-23-17-25-14(10-3-2-4-12(7-10)30-18(20,21)22)9-16(26-17)24-11-5-6-13(19)15(8-11)27(28)29/h2-9H,1H3,(H2,23,24,25,26). The smallest absolute Gasteiger partial charge is 0.406 e. The van der Waals surface area contributed by atoms with Crippen molar-refractivity contribution in [2.45, 2.75) is 6.36 Å². The number of anilines is 3. The van der Waals surface area contributed by atoms with Crippen LogP contribution >= 0.6 is 0 Å². The number of nitrogens with one attached hydrogen (secondary N) is 2. The van der Waals surface area contributed by atoms with Gasteiger partial charge in [0, 0.05) is 30.4 Å². The van der Waals surface area contributed by atoms with Gasteiger partial charge in [0.1, 0.15) is 11.6 Å². The van der Waals surface area contributed by atoms with E-state index in [1.165, 1.54) is 31.3 Å². The van der Waals surface area contributed by atoms with Crippen LogP contribution in [0.1, 0.15) is 0 Å². The van der Waals surface area contributed by atoms with Gasteiger partial charge in [-0.15, -0.1) is 13.2 Å². The second-order valence-electron chi connectivity index (χ2n) is 5.84. The maximum atomic E-state index is 13.5. The molecule has 0 saturated carbocycles. The second-order valence-corrected chi connectivity index (χ2v) is 5.84. The fraction of sp³-hybridized carbons (Fsp3) is 0.111. The van der Waals surface area contributed by atoms with Crippen LogP contribution in [0.4, 0.5) is 40.7 Å². The zero-order chi connectivity index (χ0) is 21.9. The summed E-state index contributed by atoms with van der Waals surface area (Å²) in [5, 5.41) is 16.4. The summed E-state index contributed by atoms with van der Waals surface area (Å²) in [6, 6.07) is 9.82. The summed E-state index contributed by atoms with van der Waals surface area (Å²) < 4.78 is 54.9. The van der Waals surface area contributed by atoms with E-state index in [2.05, 4.69) is 25.3 Å². The van der Waals surface area contributed by atoms with Crippen molar-refractivity contribution in [3.05, 3.63) is 64.5 Å². The Bertz CT molecular complexity index is 1090. The van der Waals surface area contributed by atoms with E-state index < -0.39 is 28.5 Å². The van der Waals surface area contributed by atoms with Crippen LogP contribution in [0, 0.1) is 15.9 Å². The summed E-state index contributed by atoms with van der Waals surface area (Å²) in [6.45, 7) is 0. The lowest BCUT2D eigenvalue weighted by atomic mass is 10.1. The van der Waals surface area contributed by atoms with Gasteiger partial charge in [0.15, 0.2) is 0 Å². The quantitative estimate of drug-likeness (QED) is 0.331. The number of rotatable bonds is 6. The number of halogens is 4. The van der Waals surface area contributed by atoms with Crippen molar-refractivity contribution in [2.75, 3.05) is 17.7 Å². The van der Waals surface area contributed by atoms with E-state index in [1.807, 2.05) is 0 Å². The van der Waals surface area contributed by atoms with Crippen molar-refractivity contribution in [1.29, 1.82) is 0 Å². The summed E-state index contributed by atoms with van der Waals surface area (Å²) in [5.41, 5.74) is 0.0222. The molecule has 0 radical (unpaired) electrons. The van der Waals surface area contributed by atoms with Gasteiger partial charge >= 0.3 is 12.0 Å². The zero-order valence-corrected chi connectivity index (χ0v) is 15.2. The van der Waals surface area contributed by atoms with Crippen LogP contribution in [0.25, 0.3) is 11.3 Å². The summed E-state index contributed by atoms with van der Waals surface area (Å²) in [4.78, 5) is 18.4. The van der Waals surface area contributed by atoms with Crippen LogP contribution in [-0.2, 0) is 0 Å². The number of benzene rings is 2. The van der Waals surface area contributed by atoms with Gasteiger partial charge in [0.05, 0.1) is 10.6 Å². The average Bonchev–Trinajstić information content (AvgIpc) is 2.68. The Hall–Kier alpha value is -3.96. The summed E-state index contributed by atoms with van der Waals surface area (Å²) in [7, 11) is 1.54. The molecule has 0 fully saturated rings. The summed E-state index contributed by atoms with van der Waals surface area (Å²) in [6.07, 6.45) is -4.84. The number of hydrogen-bond acceptors (Lipinski definition) is 7. The molecule has 0 aliphatic heterocycles. The predicted octanol–water partition coefficient (Wildman–Crippen LogP) is 4.87. The Morgan fingerprint density at radius 2 is 1.87 bits per heavy atom. The van der Waals surface area contributed by atoms with E-state index in [9.17, 15) is 27.7 Å². The highest BCUT2D eigenvalue weighted by Crippen LogP contribution is 2.30. The van der Waals surface area contributed by atoms with Crippen molar-refractivity contribution in [3.8, 4) is 17.0 Å². The molecule has 1 aromatic heterocycles. The minimum atomic E-state index is -4.84. The van der Waals surface area contributed by atoms with Crippen molar-refractivity contribution in [3.63, 3.8) is 0 Å². The van der Waals surface area contributed by atoms with Crippen molar-refractivity contribution >= 4 is 23.1 Å². The molecule has 156 valence electrons. The highest BCUT2D eigenvalue weighted by atomic mass is 19.4. The van der Waals surface area contributed by atoms with Crippen LogP contribution in [0.5, 0.6) is 5.75 Å². The molecular weight excluding hydrogens is 410 g/mol. The molecule has 0 atom stereocenters. The number of ether oxygens (including phenoxy) is 1. The molecule has 1 heterocycles. The highest BCUT2D eigenvalue weighted by molar-refractivity contribution is 5.69. The second kappa shape index (κ2) is 8.19. The van der Waals surface area contributed by atoms with Gasteiger partial charge in [0.2, 0.25) is 11.8 Å². The Morgan fingerprint density at radius 3 is 2.53 bits per heavy atom. The van der Waals surface area contributed by atoms with E-state index in [4.69, 9.17) is 0 Å². The molecule has 0 aliphatic rings. The third-order valence-corrected chi connectivity index (χ3v) is 3.73. The molecule has 8 nitrogen and oxygen atoms in total. The SMILES string of the molecule is CNc1nc(Nc2ccc(F)c([N+](=O)[O-])c2)cc(-c2cccc(OC(F)(F)F)c2)n1. The molecule has 3 aromatic rings. The molecule has 12 heteroatoms. The molecule has 0 aliphatic carbocycles. The topological polar surface area (TPSA) is 102 Å². The largest absolute Gasteiger partial charge is 0.573 e. The zero-order valence-electron chi connectivity index (χ0n) is 15.2. The summed E-state index contributed by atoms with van der Waals surface area (Å²) in [5.74, 6) is -1.11. The number of aromatic nitrogens is 2. The van der Waals surface area contributed by atoms with E-state index >= 15 is 0 Å². The van der Waals surface area contributed by atoms with Gasteiger partial charge in [-0.2, -0.15) is 9.37 Å². The molecule has 0 unspecified atom stereocenters. The first kappa shape index (κ1) is 20.8. The molecule has 2 N–H and O–H groups in total. The van der Waals surface area contributed by atoms with Crippen molar-refractivity contribution < 1.29 is 27.2 Å². The normalized spacial score (nSPS) is 11.1. The number of nitro benzene ring substituents is 1. The van der Waals surface area contributed by atoms with Gasteiger partial charge in [-0.3, -0.25) is 10.1 Å². The third-order valence-electron chi connectivity index (χ3n) is 3.73. The van der Waals surface area contributed by atoms with Crippen LogP contribution in [0.2, 0.25) is 0 Å². The fourth-order valence-corrected chi connectivity index (χ4v) is 2.50. The molecule has 0 bridgehead atoms. The third kappa shape index (κ3) is 5.10. The van der Waals surface area contributed by atoms with Crippen LogP contribution in [0.3, 0.4) is 0 Å². The minimum absolute atomic E-state index is 0.133. The number of nitro groups is 1. The lowest BCUT2D eigenvalue weighted by Gasteiger charge is -2.12. The van der Waals surface area contributed by atoms with E-state index in [0.717, 1.165) is 24.3 Å². The number of alkyl halides is 3. The number of hydrogen-bond donors (Lipinski definition) is 2. The van der Waals surface area contributed by atoms with E-state index in [-0.39, 0.29) is 23.1 Å². The van der Waals surface area contributed by atoms with Crippen LogP contribution in [0.15, 0.2) is 48.5 Å². The first-order valence-corrected chi connectivity index (χ1v) is 8.28. The average molecular weight is 423 g/mol. The Morgan fingerprint density at radius 1 is 1.10 bits per heavy atom. The van der Waals surface area contributed by atoms with Gasteiger partial charge in [-0.1, -0.05) is 12.1 Å². The predicted molar refractivity (Wildman–Crippen MR) is 100 cm³/mol.